The second-order valence-corrected chi connectivity index (χ2v) is 8.90. The zero-order valence-corrected chi connectivity index (χ0v) is 20.0. The predicted octanol–water partition coefficient (Wildman–Crippen LogP) is 5.38. The summed E-state index contributed by atoms with van der Waals surface area (Å²) in [5.74, 6) is -0.158. The molecule has 0 saturated carbocycles. The number of rotatable bonds is 7. The van der Waals surface area contributed by atoms with Crippen molar-refractivity contribution in [3.8, 4) is 5.75 Å². The molecule has 3 aromatic carbocycles. The van der Waals surface area contributed by atoms with Crippen LogP contribution in [0.4, 0.5) is 5.69 Å². The Labute approximate surface area is 208 Å². The van der Waals surface area contributed by atoms with Crippen molar-refractivity contribution in [3.63, 3.8) is 0 Å². The number of benzene rings is 3. The van der Waals surface area contributed by atoms with Gasteiger partial charge in [0, 0.05) is 18.7 Å². The minimum absolute atomic E-state index is 0.0696. The highest BCUT2D eigenvalue weighted by Crippen LogP contribution is 2.26. The number of amides is 2. The number of hydrogen-bond donors (Lipinski definition) is 1. The second-order valence-electron chi connectivity index (χ2n) is 8.08. The van der Waals surface area contributed by atoms with E-state index in [9.17, 15) is 9.59 Å². The normalized spacial score (nSPS) is 15.7. The second kappa shape index (κ2) is 10.7. The van der Waals surface area contributed by atoms with E-state index in [1.165, 1.54) is 0 Å². The fourth-order valence-corrected chi connectivity index (χ4v) is 3.92. The molecule has 0 radical (unpaired) electrons. The van der Waals surface area contributed by atoms with Crippen LogP contribution < -0.4 is 15.1 Å². The monoisotopic (exact) mass is 495 g/mol. The molecule has 4 rings (SSSR count). The summed E-state index contributed by atoms with van der Waals surface area (Å²) in [7, 11) is 0. The van der Waals surface area contributed by atoms with E-state index in [0.29, 0.717) is 28.9 Å². The van der Waals surface area contributed by atoms with Crippen molar-refractivity contribution in [2.75, 3.05) is 11.4 Å². The van der Waals surface area contributed by atoms with Crippen LogP contribution in [0.3, 0.4) is 0 Å². The lowest BCUT2D eigenvalue weighted by Crippen LogP contribution is -2.30. The lowest BCUT2D eigenvalue weighted by atomic mass is 10.1. The maximum atomic E-state index is 12.5. The number of carbonyl (C=O) groups excluding carboxylic acids is 2. The Morgan fingerprint density at radius 1 is 1.12 bits per heavy atom. The Morgan fingerprint density at radius 2 is 1.91 bits per heavy atom. The highest BCUT2D eigenvalue weighted by molar-refractivity contribution is 6.42. The topological polar surface area (TPSA) is 71.0 Å². The van der Waals surface area contributed by atoms with Gasteiger partial charge in [-0.3, -0.25) is 9.59 Å². The number of aryl methyl sites for hydroxylation is 1. The highest BCUT2D eigenvalue weighted by atomic mass is 35.5. The van der Waals surface area contributed by atoms with Crippen LogP contribution in [0.2, 0.25) is 10.0 Å². The van der Waals surface area contributed by atoms with Gasteiger partial charge in [-0.1, -0.05) is 59.1 Å². The van der Waals surface area contributed by atoms with Gasteiger partial charge in [-0.25, -0.2) is 5.43 Å². The van der Waals surface area contributed by atoms with Gasteiger partial charge in [0.15, 0.2) is 0 Å². The van der Waals surface area contributed by atoms with E-state index in [1.54, 1.807) is 23.2 Å². The lowest BCUT2D eigenvalue weighted by molar-refractivity contribution is -0.126. The van der Waals surface area contributed by atoms with Gasteiger partial charge in [-0.15, -0.1) is 0 Å². The van der Waals surface area contributed by atoms with Crippen LogP contribution in [-0.4, -0.2) is 24.6 Å². The molecule has 6 nitrogen and oxygen atoms in total. The van der Waals surface area contributed by atoms with Crippen molar-refractivity contribution in [1.29, 1.82) is 0 Å². The number of nitrogens with zero attached hydrogens (tertiary/aromatic N) is 2. The van der Waals surface area contributed by atoms with E-state index in [4.69, 9.17) is 27.9 Å². The van der Waals surface area contributed by atoms with Crippen LogP contribution in [0.15, 0.2) is 71.8 Å². The molecule has 1 saturated heterocycles. The molecule has 0 spiro atoms. The van der Waals surface area contributed by atoms with Gasteiger partial charge in [0.25, 0.3) is 0 Å². The Kier molecular flexibility index (Phi) is 7.50. The quantitative estimate of drug-likeness (QED) is 0.353. The SMILES string of the molecule is Cc1ccc(N2C[C@@H](C(=O)N/N=C/c3cccc(OCc4ccc(Cl)c(Cl)c4)c3)CC2=O)cc1. The van der Waals surface area contributed by atoms with Gasteiger partial charge in [-0.05, 0) is 54.4 Å². The Hall–Kier alpha value is -3.35. The Bertz CT molecular complexity index is 1230. The molecule has 34 heavy (non-hydrogen) atoms. The van der Waals surface area contributed by atoms with Crippen LogP contribution >= 0.6 is 23.2 Å². The summed E-state index contributed by atoms with van der Waals surface area (Å²) in [6.07, 6.45) is 1.70. The van der Waals surface area contributed by atoms with Crippen molar-refractivity contribution in [2.24, 2.45) is 11.0 Å². The van der Waals surface area contributed by atoms with E-state index in [1.807, 2.05) is 61.5 Å². The van der Waals surface area contributed by atoms with Crippen LogP contribution in [0, 0.1) is 12.8 Å². The first kappa shape index (κ1) is 23.8. The third-order valence-corrected chi connectivity index (χ3v) is 6.22. The van der Waals surface area contributed by atoms with Crippen LogP contribution in [0.1, 0.15) is 23.1 Å². The molecule has 1 heterocycles. The van der Waals surface area contributed by atoms with Gasteiger partial charge < -0.3 is 9.64 Å². The molecule has 1 atom stereocenters. The molecular formula is C26H23Cl2N3O3. The fraction of sp³-hybridized carbons (Fsp3) is 0.192. The number of nitrogens with one attached hydrogen (secondary N) is 1. The molecular weight excluding hydrogens is 473 g/mol. The molecule has 0 aromatic heterocycles. The maximum absolute atomic E-state index is 12.5. The zero-order valence-electron chi connectivity index (χ0n) is 18.5. The molecule has 0 aliphatic carbocycles. The predicted molar refractivity (Wildman–Crippen MR) is 135 cm³/mol. The van der Waals surface area contributed by atoms with E-state index in [2.05, 4.69) is 10.5 Å². The van der Waals surface area contributed by atoms with E-state index in [0.717, 1.165) is 22.4 Å². The first-order valence-electron chi connectivity index (χ1n) is 10.8. The zero-order chi connectivity index (χ0) is 24.1. The molecule has 1 aliphatic heterocycles. The number of anilines is 1. The van der Waals surface area contributed by atoms with Crippen molar-refractivity contribution in [1.82, 2.24) is 5.43 Å². The van der Waals surface area contributed by atoms with Crippen molar-refractivity contribution < 1.29 is 14.3 Å². The largest absolute Gasteiger partial charge is 0.489 e. The smallest absolute Gasteiger partial charge is 0.245 e. The van der Waals surface area contributed by atoms with Gasteiger partial charge in [-0.2, -0.15) is 5.10 Å². The van der Waals surface area contributed by atoms with Crippen LogP contribution in [0.25, 0.3) is 0 Å². The van der Waals surface area contributed by atoms with Crippen LogP contribution in [-0.2, 0) is 16.2 Å². The first-order chi connectivity index (χ1) is 16.4. The van der Waals surface area contributed by atoms with Crippen molar-refractivity contribution in [3.05, 3.63) is 93.5 Å². The standard InChI is InChI=1S/C26H23Cl2N3O3/c1-17-5-8-21(9-6-17)31-15-20(13-25(31)32)26(33)30-29-14-18-3-2-4-22(11-18)34-16-19-7-10-23(27)24(28)12-19/h2-12,14,20H,13,15-16H2,1H3,(H,30,33)/b29-14+/t20-/m0/s1. The summed E-state index contributed by atoms with van der Waals surface area (Å²) < 4.78 is 5.82. The summed E-state index contributed by atoms with van der Waals surface area (Å²) >= 11 is 12.0. The Balaban J connectivity index is 1.30. The van der Waals surface area contributed by atoms with Gasteiger partial charge in [0.2, 0.25) is 11.8 Å². The average Bonchev–Trinajstić information content (AvgIpc) is 3.22. The minimum Gasteiger partial charge on any atom is -0.489 e. The molecule has 1 fully saturated rings. The van der Waals surface area contributed by atoms with E-state index >= 15 is 0 Å². The molecule has 8 heteroatoms. The summed E-state index contributed by atoms with van der Waals surface area (Å²) in [6, 6.07) is 20.3. The lowest BCUT2D eigenvalue weighted by Gasteiger charge is -2.16. The number of ether oxygens (including phenoxy) is 1. The van der Waals surface area contributed by atoms with Gasteiger partial charge in [0.05, 0.1) is 22.2 Å². The highest BCUT2D eigenvalue weighted by Gasteiger charge is 2.35. The molecule has 0 bridgehead atoms. The molecule has 174 valence electrons. The third kappa shape index (κ3) is 5.95. The van der Waals surface area contributed by atoms with Crippen molar-refractivity contribution in [2.45, 2.75) is 20.0 Å². The molecule has 2 amide bonds. The summed E-state index contributed by atoms with van der Waals surface area (Å²) in [6.45, 7) is 2.66. The summed E-state index contributed by atoms with van der Waals surface area (Å²) in [4.78, 5) is 26.6. The average molecular weight is 496 g/mol. The number of carbonyl (C=O) groups is 2. The Morgan fingerprint density at radius 3 is 2.68 bits per heavy atom. The third-order valence-electron chi connectivity index (χ3n) is 5.48. The molecule has 3 aromatic rings. The minimum atomic E-state index is -0.452. The van der Waals surface area contributed by atoms with Gasteiger partial charge >= 0.3 is 0 Å². The summed E-state index contributed by atoms with van der Waals surface area (Å²) in [5.41, 5.74) is 6.11. The van der Waals surface area contributed by atoms with Crippen molar-refractivity contribution >= 4 is 46.9 Å². The number of hydrogen-bond acceptors (Lipinski definition) is 4. The first-order valence-corrected chi connectivity index (χ1v) is 11.5. The molecule has 0 unspecified atom stereocenters. The number of hydrazone groups is 1. The molecule has 1 aliphatic rings. The summed E-state index contributed by atoms with van der Waals surface area (Å²) in [5, 5.41) is 5.03. The fourth-order valence-electron chi connectivity index (χ4n) is 3.60. The van der Waals surface area contributed by atoms with E-state index in [-0.39, 0.29) is 18.2 Å². The van der Waals surface area contributed by atoms with Gasteiger partial charge in [0.1, 0.15) is 12.4 Å². The van der Waals surface area contributed by atoms with Crippen LogP contribution in [0.5, 0.6) is 5.75 Å². The van der Waals surface area contributed by atoms with E-state index < -0.39 is 5.92 Å². The number of halogens is 2. The molecule has 1 N–H and O–H groups in total. The maximum Gasteiger partial charge on any atom is 0.245 e.